The molecule has 2 aromatic carbocycles. The summed E-state index contributed by atoms with van der Waals surface area (Å²) in [7, 11) is -2.53. The van der Waals surface area contributed by atoms with Gasteiger partial charge in [-0.05, 0) is 30.7 Å². The second-order valence-electron chi connectivity index (χ2n) is 9.00. The highest BCUT2D eigenvalue weighted by atomic mass is 32.2. The Morgan fingerprint density at radius 3 is 2.38 bits per heavy atom. The Labute approximate surface area is 235 Å². The highest BCUT2D eigenvalue weighted by Crippen LogP contribution is 2.44. The number of rotatable bonds is 14. The van der Waals surface area contributed by atoms with Gasteiger partial charge in [-0.2, -0.15) is 9.97 Å². The number of nitrogens with zero attached hydrogens (tertiary/aromatic N) is 4. The molecular formula is C28H36N4O7S. The zero-order chi connectivity index (χ0) is 28.4. The summed E-state index contributed by atoms with van der Waals surface area (Å²) in [5.41, 5.74) is 0. The Kier molecular flexibility index (Phi) is 10.4. The highest BCUT2D eigenvalue weighted by molar-refractivity contribution is 7.92. The van der Waals surface area contributed by atoms with Crippen molar-refractivity contribution in [2.75, 3.05) is 62.4 Å². The molecule has 12 heteroatoms. The normalized spacial score (nSPS) is 13.6. The third kappa shape index (κ3) is 6.93. The van der Waals surface area contributed by atoms with Crippen molar-refractivity contribution in [3.63, 3.8) is 0 Å². The standard InChI is InChI=1S/C28H36N4O7S/c1-3-4-15-32(40(34,35)22-11-6-5-7-12-22)26-25(39-24-14-9-8-13-23(24)36-2)27(38-19-10-18-33)30-28(29-26)31-16-20-37-21-17-31/h5-9,11-14,33H,3-4,10,15-21H2,1-2H3. The maximum atomic E-state index is 14.1. The molecule has 0 bridgehead atoms. The summed E-state index contributed by atoms with van der Waals surface area (Å²) in [6, 6.07) is 15.3. The van der Waals surface area contributed by atoms with Gasteiger partial charge in [-0.3, -0.25) is 0 Å². The molecule has 1 aliphatic rings. The van der Waals surface area contributed by atoms with Gasteiger partial charge in [-0.1, -0.05) is 43.7 Å². The monoisotopic (exact) mass is 572 g/mol. The fourth-order valence-electron chi connectivity index (χ4n) is 4.08. The molecule has 0 radical (unpaired) electrons. The lowest BCUT2D eigenvalue weighted by Gasteiger charge is -2.30. The van der Waals surface area contributed by atoms with Crippen LogP contribution in [0.25, 0.3) is 0 Å². The minimum Gasteiger partial charge on any atom is -0.493 e. The van der Waals surface area contributed by atoms with Crippen LogP contribution >= 0.6 is 0 Å². The van der Waals surface area contributed by atoms with Crippen molar-refractivity contribution in [3.05, 3.63) is 54.6 Å². The van der Waals surface area contributed by atoms with Crippen LogP contribution in [0.2, 0.25) is 0 Å². The van der Waals surface area contributed by atoms with Gasteiger partial charge in [0.05, 0.1) is 31.8 Å². The van der Waals surface area contributed by atoms with Crippen LogP contribution < -0.4 is 23.4 Å². The van der Waals surface area contributed by atoms with Gasteiger partial charge in [0.15, 0.2) is 17.3 Å². The summed E-state index contributed by atoms with van der Waals surface area (Å²) >= 11 is 0. The number of anilines is 2. The lowest BCUT2D eigenvalue weighted by Crippen LogP contribution is -2.38. The lowest BCUT2D eigenvalue weighted by molar-refractivity contribution is 0.122. The van der Waals surface area contributed by atoms with E-state index >= 15 is 0 Å². The number of morpholine rings is 1. The van der Waals surface area contributed by atoms with E-state index in [-0.39, 0.29) is 42.1 Å². The molecule has 0 atom stereocenters. The van der Waals surface area contributed by atoms with Crippen molar-refractivity contribution in [2.24, 2.45) is 0 Å². The SMILES string of the molecule is CCCCN(c1nc(N2CCOCC2)nc(OCCCO)c1Oc1ccccc1OC)S(=O)(=O)c1ccccc1. The first kappa shape index (κ1) is 29.4. The average Bonchev–Trinajstić information content (AvgIpc) is 2.99. The van der Waals surface area contributed by atoms with Gasteiger partial charge in [-0.15, -0.1) is 0 Å². The summed E-state index contributed by atoms with van der Waals surface area (Å²) in [5.74, 6) is 1.24. The number of ether oxygens (including phenoxy) is 4. The van der Waals surface area contributed by atoms with Crippen LogP contribution in [0, 0.1) is 0 Å². The molecule has 3 aromatic rings. The van der Waals surface area contributed by atoms with E-state index in [1.165, 1.54) is 11.4 Å². The van der Waals surface area contributed by atoms with Crippen LogP contribution in [-0.4, -0.2) is 76.7 Å². The van der Waals surface area contributed by atoms with Crippen molar-refractivity contribution >= 4 is 21.8 Å². The van der Waals surface area contributed by atoms with Crippen LogP contribution in [0.1, 0.15) is 26.2 Å². The second-order valence-corrected chi connectivity index (χ2v) is 10.9. The van der Waals surface area contributed by atoms with Gasteiger partial charge >= 0.3 is 0 Å². The number of aromatic nitrogens is 2. The van der Waals surface area contributed by atoms with Crippen LogP contribution in [0.15, 0.2) is 59.5 Å². The van der Waals surface area contributed by atoms with Crippen molar-refractivity contribution in [1.82, 2.24) is 9.97 Å². The van der Waals surface area contributed by atoms with E-state index in [1.54, 1.807) is 54.6 Å². The smallest absolute Gasteiger partial charge is 0.265 e. The Bertz CT molecular complexity index is 1340. The van der Waals surface area contributed by atoms with E-state index in [4.69, 9.17) is 23.9 Å². The lowest BCUT2D eigenvalue weighted by atomic mass is 10.3. The third-order valence-corrected chi connectivity index (χ3v) is 8.01. The van der Waals surface area contributed by atoms with Crippen LogP contribution in [0.5, 0.6) is 23.1 Å². The van der Waals surface area contributed by atoms with Crippen LogP contribution in [-0.2, 0) is 14.8 Å². The first-order chi connectivity index (χ1) is 19.5. The highest BCUT2D eigenvalue weighted by Gasteiger charge is 2.33. The zero-order valence-corrected chi connectivity index (χ0v) is 23.7. The first-order valence-electron chi connectivity index (χ1n) is 13.4. The van der Waals surface area contributed by atoms with Gasteiger partial charge in [0.1, 0.15) is 0 Å². The molecular weight excluding hydrogens is 536 g/mol. The predicted molar refractivity (Wildman–Crippen MR) is 151 cm³/mol. The fourth-order valence-corrected chi connectivity index (χ4v) is 5.55. The summed E-state index contributed by atoms with van der Waals surface area (Å²) < 4.78 is 52.8. The molecule has 4 rings (SSSR count). The zero-order valence-electron chi connectivity index (χ0n) is 22.9. The van der Waals surface area contributed by atoms with E-state index in [2.05, 4.69) is 4.98 Å². The average molecular weight is 573 g/mol. The predicted octanol–water partition coefficient (Wildman–Crippen LogP) is 3.87. The minimum absolute atomic E-state index is 0.0371. The molecule has 0 amide bonds. The third-order valence-electron chi connectivity index (χ3n) is 6.20. The molecule has 216 valence electrons. The van der Waals surface area contributed by atoms with Gasteiger partial charge in [0.2, 0.25) is 11.7 Å². The van der Waals surface area contributed by atoms with Crippen LogP contribution in [0.4, 0.5) is 11.8 Å². The van der Waals surface area contributed by atoms with Gasteiger partial charge in [-0.25, -0.2) is 12.7 Å². The molecule has 0 saturated carbocycles. The number of unbranched alkanes of at least 4 members (excludes halogenated alkanes) is 1. The number of sulfonamides is 1. The fraction of sp³-hybridized carbons (Fsp3) is 0.429. The van der Waals surface area contributed by atoms with Crippen molar-refractivity contribution in [2.45, 2.75) is 31.1 Å². The Balaban J connectivity index is 1.94. The Morgan fingerprint density at radius 2 is 1.70 bits per heavy atom. The maximum absolute atomic E-state index is 14.1. The summed E-state index contributed by atoms with van der Waals surface area (Å²) in [6.45, 7) is 4.24. The number of benzene rings is 2. The van der Waals surface area contributed by atoms with Crippen molar-refractivity contribution in [1.29, 1.82) is 0 Å². The van der Waals surface area contributed by atoms with Crippen molar-refractivity contribution < 1.29 is 32.5 Å². The molecule has 1 N–H and O–H groups in total. The van der Waals surface area contributed by atoms with E-state index in [1.807, 2.05) is 11.8 Å². The largest absolute Gasteiger partial charge is 0.493 e. The first-order valence-corrected chi connectivity index (χ1v) is 14.8. The van der Waals surface area contributed by atoms with E-state index < -0.39 is 10.0 Å². The molecule has 1 saturated heterocycles. The summed E-state index contributed by atoms with van der Waals surface area (Å²) in [4.78, 5) is 11.5. The Morgan fingerprint density at radius 1 is 1.00 bits per heavy atom. The number of aliphatic hydroxyl groups excluding tert-OH is 1. The summed E-state index contributed by atoms with van der Waals surface area (Å²) in [6.07, 6.45) is 1.69. The van der Waals surface area contributed by atoms with Crippen LogP contribution in [0.3, 0.4) is 0 Å². The summed E-state index contributed by atoms with van der Waals surface area (Å²) in [5, 5.41) is 9.38. The topological polar surface area (TPSA) is 124 Å². The number of para-hydroxylation sites is 2. The Hall–Kier alpha value is -3.61. The molecule has 2 heterocycles. The quantitative estimate of drug-likeness (QED) is 0.285. The second kappa shape index (κ2) is 14.1. The number of hydrogen-bond donors (Lipinski definition) is 1. The minimum atomic E-state index is -4.05. The molecule has 1 aromatic heterocycles. The van der Waals surface area contributed by atoms with E-state index in [0.717, 1.165) is 6.42 Å². The van der Waals surface area contributed by atoms with Crippen molar-refractivity contribution in [3.8, 4) is 23.1 Å². The van der Waals surface area contributed by atoms with Gasteiger partial charge in [0.25, 0.3) is 15.9 Å². The van der Waals surface area contributed by atoms with Gasteiger partial charge < -0.3 is 29.0 Å². The molecule has 1 fully saturated rings. The molecule has 0 spiro atoms. The van der Waals surface area contributed by atoms with E-state index in [9.17, 15) is 13.5 Å². The molecule has 11 nitrogen and oxygen atoms in total. The molecule has 40 heavy (non-hydrogen) atoms. The molecule has 1 aliphatic heterocycles. The number of methoxy groups -OCH3 is 1. The number of aliphatic hydroxyl groups is 1. The molecule has 0 aliphatic carbocycles. The molecule has 0 unspecified atom stereocenters. The van der Waals surface area contributed by atoms with E-state index in [0.29, 0.717) is 56.6 Å². The maximum Gasteiger partial charge on any atom is 0.265 e. The number of hydrogen-bond acceptors (Lipinski definition) is 10. The van der Waals surface area contributed by atoms with Gasteiger partial charge in [0, 0.05) is 32.7 Å².